The van der Waals surface area contributed by atoms with Crippen molar-refractivity contribution in [2.75, 3.05) is 0 Å². The molecule has 1 aliphatic carbocycles. The van der Waals surface area contributed by atoms with Crippen molar-refractivity contribution in [3.05, 3.63) is 129 Å². The normalized spacial score (nSPS) is 16.9. The molecule has 324 valence electrons. The average molecular weight is 858 g/mol. The Bertz CT molecular complexity index is 1950. The fraction of sp³-hybridized carbons (Fsp3) is 0.481. The minimum absolute atomic E-state index is 0. The van der Waals surface area contributed by atoms with Gasteiger partial charge in [-0.15, -0.1) is 0 Å². The van der Waals surface area contributed by atoms with Gasteiger partial charge in [-0.25, -0.2) is 0 Å². The molecule has 1 fully saturated rings. The zero-order valence-corrected chi connectivity index (χ0v) is 39.1. The SMILES string of the molecule is CC(C)(C)c1cc(C=N[C@@H]2CCCC[C@H]2N=Cc2cc(C(C)(C)C)cc(C(C)(C)C)c2[O-])c([O-])c(C(C)(C)C)c1.O=C([O-])C[C@H](NCc1ccccc1)c1ccccc1.[Co+3]. The molecule has 3 atom stereocenters. The van der Waals surface area contributed by atoms with E-state index in [1.54, 1.807) is 12.4 Å². The first-order valence-corrected chi connectivity index (χ1v) is 21.3. The molecule has 0 bridgehead atoms. The first kappa shape index (κ1) is 50.1. The molecule has 4 aromatic carbocycles. The van der Waals surface area contributed by atoms with Gasteiger partial charge in [-0.2, -0.15) is 0 Å². The second kappa shape index (κ2) is 21.0. The molecule has 0 amide bonds. The van der Waals surface area contributed by atoms with E-state index in [9.17, 15) is 20.1 Å². The molecule has 0 aromatic heterocycles. The van der Waals surface area contributed by atoms with Crippen molar-refractivity contribution in [1.82, 2.24) is 5.32 Å². The fourth-order valence-corrected chi connectivity index (χ4v) is 7.26. The van der Waals surface area contributed by atoms with Gasteiger partial charge in [0.2, 0.25) is 0 Å². The molecule has 8 heteroatoms. The molecule has 0 saturated heterocycles. The molecule has 4 aromatic rings. The standard InChI is InChI=1S/C36H54N2O2.C16H17NO2.Co/c1-33(2,3)25-17-23(31(39)27(19-25)35(7,8)9)21-37-29-15-13-14-16-30(29)38-22-24-18-26(34(4,5)6)20-28(32(24)40)36(10,11)12;18-16(19)11-15(14-9-5-2-6-10-14)17-12-13-7-3-1-4-8-13;/h17-22,29-30,39-40H,13-16H2,1-12H3;1-10,15,17H,11-12H2,(H,18,19);/q;;+3/p-3/t29-,30-;15-;/m10./s1. The van der Waals surface area contributed by atoms with E-state index in [0.29, 0.717) is 17.7 Å². The van der Waals surface area contributed by atoms with Gasteiger partial charge in [-0.1, -0.05) is 192 Å². The van der Waals surface area contributed by atoms with Crippen molar-refractivity contribution >= 4 is 18.4 Å². The number of hydrogen-bond donors (Lipinski definition) is 1. The largest absolute Gasteiger partial charge is 3.00 e. The number of rotatable bonds is 10. The molecular formula is C52H68CoN3O4. The van der Waals surface area contributed by atoms with Crippen LogP contribution < -0.4 is 20.6 Å². The Morgan fingerprint density at radius 3 is 1.42 bits per heavy atom. The number of nitrogens with zero attached hydrogens (tertiary/aromatic N) is 2. The van der Waals surface area contributed by atoms with Gasteiger partial charge >= 0.3 is 16.8 Å². The Morgan fingerprint density at radius 2 is 1.05 bits per heavy atom. The quantitative estimate of drug-likeness (QED) is 0.159. The summed E-state index contributed by atoms with van der Waals surface area (Å²) in [6.45, 7) is 26.2. The van der Waals surface area contributed by atoms with Crippen LogP contribution in [0, 0.1) is 0 Å². The molecule has 0 unspecified atom stereocenters. The van der Waals surface area contributed by atoms with Crippen molar-refractivity contribution < 1.29 is 36.9 Å². The van der Waals surface area contributed by atoms with E-state index in [4.69, 9.17) is 9.98 Å². The van der Waals surface area contributed by atoms with Crippen molar-refractivity contribution in [3.8, 4) is 11.5 Å². The van der Waals surface area contributed by atoms with Gasteiger partial charge in [0, 0.05) is 37.4 Å². The Morgan fingerprint density at radius 1 is 0.650 bits per heavy atom. The van der Waals surface area contributed by atoms with Crippen molar-refractivity contribution in [3.63, 3.8) is 0 Å². The second-order valence-corrected chi connectivity index (χ2v) is 20.3. The van der Waals surface area contributed by atoms with E-state index < -0.39 is 5.97 Å². The molecule has 0 radical (unpaired) electrons. The molecule has 5 rings (SSSR count). The van der Waals surface area contributed by atoms with Crippen LogP contribution in [0.3, 0.4) is 0 Å². The smallest absolute Gasteiger partial charge is 0.872 e. The molecule has 1 aliphatic rings. The van der Waals surface area contributed by atoms with E-state index >= 15 is 0 Å². The molecule has 1 N–H and O–H groups in total. The van der Waals surface area contributed by atoms with E-state index in [2.05, 4.69) is 101 Å². The van der Waals surface area contributed by atoms with Gasteiger partial charge in [0.1, 0.15) is 0 Å². The van der Waals surface area contributed by atoms with Crippen LogP contribution in [-0.4, -0.2) is 30.5 Å². The fourth-order valence-electron chi connectivity index (χ4n) is 7.26. The van der Waals surface area contributed by atoms with Crippen molar-refractivity contribution in [2.45, 2.75) is 162 Å². The molecule has 60 heavy (non-hydrogen) atoms. The summed E-state index contributed by atoms with van der Waals surface area (Å²) >= 11 is 0. The van der Waals surface area contributed by atoms with Crippen LogP contribution in [0.15, 0.2) is 94.9 Å². The van der Waals surface area contributed by atoms with Crippen molar-refractivity contribution in [2.24, 2.45) is 9.98 Å². The Balaban J connectivity index is 0.000000401. The summed E-state index contributed by atoms with van der Waals surface area (Å²) in [5.74, 6) is -0.927. The van der Waals surface area contributed by atoms with Gasteiger partial charge in [-0.3, -0.25) is 9.98 Å². The predicted octanol–water partition coefficient (Wildman–Crippen LogP) is 9.53. The number of carbonyl (C=O) groups is 1. The number of carbonyl (C=O) groups excluding carboxylic acids is 1. The third-order valence-corrected chi connectivity index (χ3v) is 11.1. The Kier molecular flexibility index (Phi) is 17.6. The first-order valence-electron chi connectivity index (χ1n) is 21.3. The molecule has 0 heterocycles. The van der Waals surface area contributed by atoms with E-state index in [0.717, 1.165) is 59.1 Å². The topological polar surface area (TPSA) is 123 Å². The Hall–Kier alpha value is -4.24. The van der Waals surface area contributed by atoms with Crippen LogP contribution in [0.1, 0.15) is 166 Å². The Labute approximate surface area is 371 Å². The summed E-state index contributed by atoms with van der Waals surface area (Å²) in [5.41, 5.74) is 6.71. The number of aliphatic imine (C=N–C) groups is 2. The zero-order valence-electron chi connectivity index (χ0n) is 38.1. The van der Waals surface area contributed by atoms with Gasteiger partial charge in [0.25, 0.3) is 0 Å². The summed E-state index contributed by atoms with van der Waals surface area (Å²) in [6, 6.07) is 27.4. The summed E-state index contributed by atoms with van der Waals surface area (Å²) in [4.78, 5) is 20.8. The van der Waals surface area contributed by atoms with Crippen LogP contribution in [0.25, 0.3) is 0 Å². The molecule has 0 aliphatic heterocycles. The maximum absolute atomic E-state index is 13.5. The van der Waals surface area contributed by atoms with Crippen LogP contribution in [0.2, 0.25) is 0 Å². The monoisotopic (exact) mass is 857 g/mol. The summed E-state index contributed by atoms with van der Waals surface area (Å²) < 4.78 is 0. The van der Waals surface area contributed by atoms with E-state index in [1.165, 1.54) is 0 Å². The van der Waals surface area contributed by atoms with Crippen LogP contribution in [0.5, 0.6) is 11.5 Å². The molecule has 0 spiro atoms. The van der Waals surface area contributed by atoms with E-state index in [1.807, 2.05) is 72.8 Å². The number of hydrogen-bond acceptors (Lipinski definition) is 7. The number of carboxylic acid groups (broad SMARTS) is 1. The summed E-state index contributed by atoms with van der Waals surface area (Å²) in [5, 5.41) is 41.0. The maximum Gasteiger partial charge on any atom is 3.00 e. The van der Waals surface area contributed by atoms with Crippen LogP contribution in [-0.2, 0) is 49.8 Å². The van der Waals surface area contributed by atoms with Gasteiger partial charge < -0.3 is 25.4 Å². The summed E-state index contributed by atoms with van der Waals surface area (Å²) in [6.07, 6.45) is 7.60. The summed E-state index contributed by atoms with van der Waals surface area (Å²) in [7, 11) is 0. The van der Waals surface area contributed by atoms with Gasteiger partial charge in [0.05, 0.1) is 12.1 Å². The third-order valence-electron chi connectivity index (χ3n) is 11.1. The molecule has 7 nitrogen and oxygen atoms in total. The number of benzene rings is 4. The molecular weight excluding hydrogens is 790 g/mol. The van der Waals surface area contributed by atoms with Crippen LogP contribution in [0.4, 0.5) is 0 Å². The molecule has 1 saturated carbocycles. The van der Waals surface area contributed by atoms with Crippen molar-refractivity contribution in [1.29, 1.82) is 0 Å². The average Bonchev–Trinajstić information content (AvgIpc) is 3.15. The predicted molar refractivity (Wildman–Crippen MR) is 240 cm³/mol. The maximum atomic E-state index is 13.5. The number of aliphatic carboxylic acids is 1. The van der Waals surface area contributed by atoms with E-state index in [-0.39, 0.29) is 74.5 Å². The third kappa shape index (κ3) is 14.4. The first-order chi connectivity index (χ1) is 27.4. The van der Waals surface area contributed by atoms with Gasteiger partial charge in [-0.05, 0) is 79.0 Å². The minimum atomic E-state index is -1.05. The van der Waals surface area contributed by atoms with Gasteiger partial charge in [0.15, 0.2) is 0 Å². The second-order valence-electron chi connectivity index (χ2n) is 20.3. The zero-order chi connectivity index (χ0) is 43.8. The van der Waals surface area contributed by atoms with Crippen LogP contribution >= 0.6 is 0 Å². The minimum Gasteiger partial charge on any atom is -0.872 e. The number of nitrogens with one attached hydrogen (secondary N) is 1. The number of carboxylic acids is 1.